The molecule has 0 aromatic rings. The zero-order valence-corrected chi connectivity index (χ0v) is 10.8. The van der Waals surface area contributed by atoms with Crippen molar-refractivity contribution >= 4 is 11.6 Å². The van der Waals surface area contributed by atoms with Gasteiger partial charge in [0, 0.05) is 11.6 Å². The molecule has 0 atom stereocenters. The monoisotopic (exact) mass is 224 g/mol. The van der Waals surface area contributed by atoms with Gasteiger partial charge in [-0.1, -0.05) is 33.1 Å². The molecule has 0 bridgehead atoms. The Balaban J connectivity index is 2.32. The van der Waals surface area contributed by atoms with Crippen LogP contribution in [0.1, 0.15) is 59.3 Å². The Morgan fingerprint density at radius 3 is 2.50 bits per heavy atom. The average Bonchev–Trinajstić information content (AvgIpc) is 2.26. The molecule has 0 saturated heterocycles. The van der Waals surface area contributed by atoms with Crippen molar-refractivity contribution in [2.75, 3.05) is 0 Å². The molecule has 1 N–H and O–H groups in total. The van der Waals surface area contributed by atoms with E-state index in [1.165, 1.54) is 19.3 Å². The van der Waals surface area contributed by atoms with Gasteiger partial charge in [0.15, 0.2) is 0 Å². The Bertz CT molecular complexity index is 253. The minimum atomic E-state index is 0.114. The predicted octanol–water partition coefficient (Wildman–Crippen LogP) is 3.10. The number of rotatable bonds is 4. The molecule has 1 aliphatic rings. The van der Waals surface area contributed by atoms with Gasteiger partial charge in [-0.3, -0.25) is 4.79 Å². The number of carbonyl (C=O) groups is 1. The van der Waals surface area contributed by atoms with Gasteiger partial charge in [0.25, 0.3) is 0 Å². The van der Waals surface area contributed by atoms with Gasteiger partial charge >= 0.3 is 0 Å². The molecule has 1 saturated carbocycles. The fraction of sp³-hybridized carbons (Fsp3) is 0.846. The van der Waals surface area contributed by atoms with Gasteiger partial charge in [0.1, 0.15) is 0 Å². The van der Waals surface area contributed by atoms with Gasteiger partial charge < -0.3 is 0 Å². The van der Waals surface area contributed by atoms with Crippen LogP contribution in [0.3, 0.4) is 0 Å². The number of hydrogen-bond donors (Lipinski definition) is 1. The average molecular weight is 224 g/mol. The molecule has 0 unspecified atom stereocenters. The van der Waals surface area contributed by atoms with Crippen LogP contribution < -0.4 is 5.43 Å². The Morgan fingerprint density at radius 1 is 1.31 bits per heavy atom. The lowest BCUT2D eigenvalue weighted by molar-refractivity contribution is -0.125. The molecule has 0 aromatic heterocycles. The van der Waals surface area contributed by atoms with Gasteiger partial charge in [-0.2, -0.15) is 5.10 Å². The van der Waals surface area contributed by atoms with Gasteiger partial charge in [0.2, 0.25) is 5.91 Å². The SMILES string of the molecule is CC(CC(C)C)=NNC(=O)C1CCCCC1. The second kappa shape index (κ2) is 6.66. The molecule has 1 aliphatic carbocycles. The topological polar surface area (TPSA) is 41.5 Å². The van der Waals surface area contributed by atoms with E-state index in [4.69, 9.17) is 0 Å². The van der Waals surface area contributed by atoms with Crippen LogP contribution in [0.2, 0.25) is 0 Å². The van der Waals surface area contributed by atoms with Gasteiger partial charge in [0.05, 0.1) is 0 Å². The highest BCUT2D eigenvalue weighted by Crippen LogP contribution is 2.23. The summed E-state index contributed by atoms with van der Waals surface area (Å²) in [5.74, 6) is 0.905. The van der Waals surface area contributed by atoms with Crippen molar-refractivity contribution < 1.29 is 4.79 Å². The van der Waals surface area contributed by atoms with Gasteiger partial charge in [-0.15, -0.1) is 0 Å². The number of nitrogens with zero attached hydrogens (tertiary/aromatic N) is 1. The maximum absolute atomic E-state index is 11.8. The van der Waals surface area contributed by atoms with Crippen molar-refractivity contribution in [3.8, 4) is 0 Å². The number of amides is 1. The van der Waals surface area contributed by atoms with Crippen LogP contribution in [-0.2, 0) is 4.79 Å². The first-order chi connectivity index (χ1) is 7.59. The van der Waals surface area contributed by atoms with Crippen LogP contribution in [-0.4, -0.2) is 11.6 Å². The molecule has 0 heterocycles. The summed E-state index contributed by atoms with van der Waals surface area (Å²) in [6.45, 7) is 6.28. The zero-order valence-electron chi connectivity index (χ0n) is 10.8. The molecular formula is C13H24N2O. The third-order valence-electron chi connectivity index (χ3n) is 3.04. The fourth-order valence-electron chi connectivity index (χ4n) is 2.24. The number of nitrogens with one attached hydrogen (secondary N) is 1. The maximum Gasteiger partial charge on any atom is 0.243 e. The Labute approximate surface area is 98.7 Å². The molecule has 0 aromatic carbocycles. The highest BCUT2D eigenvalue weighted by Gasteiger charge is 2.20. The highest BCUT2D eigenvalue weighted by molar-refractivity contribution is 5.85. The molecule has 16 heavy (non-hydrogen) atoms. The van der Waals surface area contributed by atoms with E-state index in [9.17, 15) is 4.79 Å². The summed E-state index contributed by atoms with van der Waals surface area (Å²) in [4.78, 5) is 11.8. The number of carbonyl (C=O) groups excluding carboxylic acids is 1. The predicted molar refractivity (Wildman–Crippen MR) is 67.3 cm³/mol. The second-order valence-electron chi connectivity index (χ2n) is 5.26. The summed E-state index contributed by atoms with van der Waals surface area (Å²) >= 11 is 0. The summed E-state index contributed by atoms with van der Waals surface area (Å²) in [6.07, 6.45) is 6.67. The molecule has 3 nitrogen and oxygen atoms in total. The molecule has 3 heteroatoms. The van der Waals surface area contributed by atoms with Crippen LogP contribution in [0, 0.1) is 11.8 Å². The Hall–Kier alpha value is -0.860. The molecule has 1 fully saturated rings. The van der Waals surface area contributed by atoms with E-state index in [1.807, 2.05) is 6.92 Å². The van der Waals surface area contributed by atoms with Crippen molar-refractivity contribution in [1.29, 1.82) is 0 Å². The number of hydrogen-bond acceptors (Lipinski definition) is 2. The largest absolute Gasteiger partial charge is 0.273 e. The molecule has 0 aliphatic heterocycles. The molecular weight excluding hydrogens is 200 g/mol. The maximum atomic E-state index is 11.8. The van der Waals surface area contributed by atoms with Crippen LogP contribution in [0.15, 0.2) is 5.10 Å². The van der Waals surface area contributed by atoms with Crippen molar-refractivity contribution in [3.63, 3.8) is 0 Å². The van der Waals surface area contributed by atoms with Crippen LogP contribution in [0.25, 0.3) is 0 Å². The zero-order chi connectivity index (χ0) is 12.0. The quantitative estimate of drug-likeness (QED) is 0.578. The molecule has 0 radical (unpaired) electrons. The third-order valence-corrected chi connectivity index (χ3v) is 3.04. The first kappa shape index (κ1) is 13.2. The van der Waals surface area contributed by atoms with E-state index in [1.54, 1.807) is 0 Å². The normalized spacial score (nSPS) is 18.9. The van der Waals surface area contributed by atoms with E-state index in [-0.39, 0.29) is 11.8 Å². The summed E-state index contributed by atoms with van der Waals surface area (Å²) in [7, 11) is 0. The van der Waals surface area contributed by atoms with Crippen LogP contribution in [0.5, 0.6) is 0 Å². The van der Waals surface area contributed by atoms with E-state index in [0.717, 1.165) is 25.0 Å². The van der Waals surface area contributed by atoms with Crippen LogP contribution in [0.4, 0.5) is 0 Å². The summed E-state index contributed by atoms with van der Waals surface area (Å²) < 4.78 is 0. The van der Waals surface area contributed by atoms with Crippen LogP contribution >= 0.6 is 0 Å². The first-order valence-corrected chi connectivity index (χ1v) is 6.42. The van der Waals surface area contributed by atoms with E-state index in [0.29, 0.717) is 5.92 Å². The summed E-state index contributed by atoms with van der Waals surface area (Å²) in [6, 6.07) is 0. The van der Waals surface area contributed by atoms with Gasteiger partial charge in [-0.05, 0) is 32.1 Å². The smallest absolute Gasteiger partial charge is 0.243 e. The highest BCUT2D eigenvalue weighted by atomic mass is 16.2. The number of hydrazone groups is 1. The van der Waals surface area contributed by atoms with Gasteiger partial charge in [-0.25, -0.2) is 5.43 Å². The van der Waals surface area contributed by atoms with Crippen molar-refractivity contribution in [1.82, 2.24) is 5.43 Å². The van der Waals surface area contributed by atoms with Crippen molar-refractivity contribution in [3.05, 3.63) is 0 Å². The molecule has 1 amide bonds. The Morgan fingerprint density at radius 2 is 1.94 bits per heavy atom. The standard InChI is InChI=1S/C13H24N2O/c1-10(2)9-11(3)14-15-13(16)12-7-5-4-6-8-12/h10,12H,4-9H2,1-3H3,(H,15,16). The lowest BCUT2D eigenvalue weighted by atomic mass is 9.89. The minimum absolute atomic E-state index is 0.114. The lowest BCUT2D eigenvalue weighted by Gasteiger charge is -2.19. The summed E-state index contributed by atoms with van der Waals surface area (Å²) in [5.41, 5.74) is 3.72. The van der Waals surface area contributed by atoms with Crippen molar-refractivity contribution in [2.45, 2.75) is 59.3 Å². The summed E-state index contributed by atoms with van der Waals surface area (Å²) in [5, 5.41) is 4.16. The van der Waals surface area contributed by atoms with E-state index >= 15 is 0 Å². The van der Waals surface area contributed by atoms with E-state index in [2.05, 4.69) is 24.4 Å². The second-order valence-corrected chi connectivity index (χ2v) is 5.26. The third kappa shape index (κ3) is 4.77. The lowest BCUT2D eigenvalue weighted by Crippen LogP contribution is -2.29. The fourth-order valence-corrected chi connectivity index (χ4v) is 2.24. The Kier molecular flexibility index (Phi) is 5.50. The van der Waals surface area contributed by atoms with Crippen molar-refractivity contribution in [2.24, 2.45) is 16.9 Å². The molecule has 1 rings (SSSR count). The molecule has 92 valence electrons. The van der Waals surface area contributed by atoms with E-state index < -0.39 is 0 Å². The first-order valence-electron chi connectivity index (χ1n) is 6.42. The molecule has 0 spiro atoms. The minimum Gasteiger partial charge on any atom is -0.273 e.